The van der Waals surface area contributed by atoms with Gasteiger partial charge in [0.05, 0.1) is 0 Å². The van der Waals surface area contributed by atoms with Crippen molar-refractivity contribution in [1.29, 1.82) is 0 Å². The predicted molar refractivity (Wildman–Crippen MR) is 77.2 cm³/mol. The summed E-state index contributed by atoms with van der Waals surface area (Å²) in [4.78, 5) is 4.28. The Hall–Kier alpha value is -0.454. The van der Waals surface area contributed by atoms with E-state index in [1.165, 1.54) is 16.8 Å². The molecule has 0 saturated heterocycles. The summed E-state index contributed by atoms with van der Waals surface area (Å²) in [5.74, 6) is 0. The predicted octanol–water partition coefficient (Wildman–Crippen LogP) is -0.605. The van der Waals surface area contributed by atoms with Gasteiger partial charge >= 0.3 is 23.1 Å². The minimum Gasteiger partial charge on any atom is -1.00 e. The molecule has 0 N–H and O–H groups in total. The molecular weight excluding hydrogens is 300 g/mol. The van der Waals surface area contributed by atoms with E-state index in [0.717, 1.165) is 5.39 Å². The molecule has 0 aliphatic carbocycles. The molecule has 2 aromatic rings. The zero-order valence-corrected chi connectivity index (χ0v) is 14.4. The summed E-state index contributed by atoms with van der Waals surface area (Å²) >= 11 is 0. The van der Waals surface area contributed by atoms with Crippen molar-refractivity contribution in [3.8, 4) is 0 Å². The van der Waals surface area contributed by atoms with Crippen molar-refractivity contribution >= 4 is 45.2 Å². The summed E-state index contributed by atoms with van der Waals surface area (Å²) in [6.07, 6.45) is 0. The van der Waals surface area contributed by atoms with Gasteiger partial charge in [-0.05, 0) is 5.69 Å². The van der Waals surface area contributed by atoms with Gasteiger partial charge in [0.1, 0.15) is 0 Å². The van der Waals surface area contributed by atoms with Crippen LogP contribution in [0.1, 0.15) is 0 Å². The molecule has 0 aromatic heterocycles. The Morgan fingerprint density at radius 1 is 0.889 bits per heavy atom. The van der Waals surface area contributed by atoms with Crippen LogP contribution in [0, 0.1) is 6.07 Å². The number of halogens is 1. The summed E-state index contributed by atoms with van der Waals surface area (Å²) in [6, 6.07) is 13.7. The summed E-state index contributed by atoms with van der Waals surface area (Å²) in [5, 5.41) is 2.43. The molecule has 0 fully saturated rings. The van der Waals surface area contributed by atoms with Crippen LogP contribution in [0.15, 0.2) is 30.3 Å². The molecule has 0 radical (unpaired) electrons. The average Bonchev–Trinajstić information content (AvgIpc) is 2.27. The SMILES string of the molecule is CN(C)c1cc[c-]c2cccc(N(C)C)c12.[Br-].[Mg+2]. The van der Waals surface area contributed by atoms with Gasteiger partial charge in [0.2, 0.25) is 0 Å². The van der Waals surface area contributed by atoms with Gasteiger partial charge in [-0.15, -0.1) is 35.7 Å². The number of fused-ring (bicyclic) bond motifs is 1. The second kappa shape index (κ2) is 7.21. The van der Waals surface area contributed by atoms with E-state index >= 15 is 0 Å². The summed E-state index contributed by atoms with van der Waals surface area (Å²) in [7, 11) is 8.28. The first-order chi connectivity index (χ1) is 7.61. The van der Waals surface area contributed by atoms with Crippen molar-refractivity contribution in [2.45, 2.75) is 0 Å². The Labute approximate surface area is 136 Å². The summed E-state index contributed by atoms with van der Waals surface area (Å²) < 4.78 is 0. The molecule has 0 unspecified atom stereocenters. The van der Waals surface area contributed by atoms with E-state index in [1.807, 2.05) is 6.07 Å². The Morgan fingerprint density at radius 2 is 1.44 bits per heavy atom. The van der Waals surface area contributed by atoms with Gasteiger partial charge in [0.25, 0.3) is 0 Å². The third kappa shape index (κ3) is 3.31. The first kappa shape index (κ1) is 17.5. The van der Waals surface area contributed by atoms with Gasteiger partial charge < -0.3 is 26.8 Å². The first-order valence-corrected chi connectivity index (χ1v) is 5.39. The van der Waals surface area contributed by atoms with Crippen molar-refractivity contribution in [2.24, 2.45) is 0 Å². The Kier molecular flexibility index (Phi) is 7.03. The number of anilines is 2. The van der Waals surface area contributed by atoms with Crippen LogP contribution >= 0.6 is 0 Å². The quantitative estimate of drug-likeness (QED) is 0.539. The molecule has 2 rings (SSSR count). The number of hydrogen-bond donors (Lipinski definition) is 0. The van der Waals surface area contributed by atoms with Crippen molar-refractivity contribution in [1.82, 2.24) is 0 Å². The Morgan fingerprint density at radius 3 is 2.00 bits per heavy atom. The molecule has 0 saturated carbocycles. The van der Waals surface area contributed by atoms with Crippen LogP contribution in [0.5, 0.6) is 0 Å². The topological polar surface area (TPSA) is 6.48 Å². The van der Waals surface area contributed by atoms with Crippen LogP contribution in [-0.4, -0.2) is 51.2 Å². The zero-order valence-electron chi connectivity index (χ0n) is 11.4. The van der Waals surface area contributed by atoms with Crippen LogP contribution in [0.3, 0.4) is 0 Å². The molecule has 18 heavy (non-hydrogen) atoms. The molecule has 0 aliphatic heterocycles. The molecule has 2 nitrogen and oxygen atoms in total. The van der Waals surface area contributed by atoms with Gasteiger partial charge in [-0.1, -0.05) is 11.5 Å². The largest absolute Gasteiger partial charge is 2.00 e. The number of hydrogen-bond acceptors (Lipinski definition) is 2. The molecule has 0 atom stereocenters. The molecular formula is C14H17BrMgN2. The van der Waals surface area contributed by atoms with Crippen LogP contribution in [0.2, 0.25) is 0 Å². The molecule has 0 heterocycles. The van der Waals surface area contributed by atoms with Crippen LogP contribution < -0.4 is 26.8 Å². The molecule has 2 aromatic carbocycles. The van der Waals surface area contributed by atoms with E-state index < -0.39 is 0 Å². The fraction of sp³-hybridized carbons (Fsp3) is 0.286. The molecule has 0 amide bonds. The second-order valence-corrected chi connectivity index (χ2v) is 4.35. The maximum atomic E-state index is 3.29. The minimum atomic E-state index is 0. The second-order valence-electron chi connectivity index (χ2n) is 4.35. The fourth-order valence-electron chi connectivity index (χ4n) is 1.97. The Balaban J connectivity index is 0.00000144. The molecule has 0 spiro atoms. The van der Waals surface area contributed by atoms with E-state index in [-0.39, 0.29) is 40.0 Å². The van der Waals surface area contributed by atoms with Crippen molar-refractivity contribution in [2.75, 3.05) is 38.0 Å². The zero-order chi connectivity index (χ0) is 11.7. The maximum absolute atomic E-state index is 3.29. The van der Waals surface area contributed by atoms with Crippen molar-refractivity contribution in [3.63, 3.8) is 0 Å². The van der Waals surface area contributed by atoms with Crippen molar-refractivity contribution < 1.29 is 17.0 Å². The molecule has 92 valence electrons. The normalized spacial score (nSPS) is 9.33. The third-order valence-corrected chi connectivity index (χ3v) is 2.74. The fourth-order valence-corrected chi connectivity index (χ4v) is 1.97. The smallest absolute Gasteiger partial charge is 1.00 e. The van der Waals surface area contributed by atoms with E-state index in [0.29, 0.717) is 0 Å². The summed E-state index contributed by atoms with van der Waals surface area (Å²) in [5.41, 5.74) is 2.47. The van der Waals surface area contributed by atoms with E-state index in [1.54, 1.807) is 0 Å². The van der Waals surface area contributed by atoms with Gasteiger partial charge in [0.15, 0.2) is 0 Å². The molecule has 0 aliphatic rings. The number of rotatable bonds is 2. The molecule has 4 heteroatoms. The standard InChI is InChI=1S/C14H17N2.BrH.Mg/c1-15(2)12-9-5-7-11-8-6-10-13(14(11)12)16(3)4;;/h5-7,9-10H,1-4H3;1H;/q-1;;+2/p-1. The van der Waals surface area contributed by atoms with Gasteiger partial charge in [-0.2, -0.15) is 0 Å². The molecule has 0 bridgehead atoms. The van der Waals surface area contributed by atoms with Gasteiger partial charge in [0, 0.05) is 33.9 Å². The van der Waals surface area contributed by atoms with Gasteiger partial charge in [-0.3, -0.25) is 0 Å². The van der Waals surface area contributed by atoms with E-state index in [4.69, 9.17) is 0 Å². The van der Waals surface area contributed by atoms with Crippen LogP contribution in [0.4, 0.5) is 11.4 Å². The minimum absolute atomic E-state index is 0. The number of benzene rings is 2. The first-order valence-electron chi connectivity index (χ1n) is 5.39. The van der Waals surface area contributed by atoms with E-state index in [9.17, 15) is 0 Å². The van der Waals surface area contributed by atoms with Crippen LogP contribution in [-0.2, 0) is 0 Å². The maximum Gasteiger partial charge on any atom is 2.00 e. The van der Waals surface area contributed by atoms with E-state index in [2.05, 4.69) is 68.3 Å². The summed E-state index contributed by atoms with van der Waals surface area (Å²) in [6.45, 7) is 0. The third-order valence-electron chi connectivity index (χ3n) is 2.74. The van der Waals surface area contributed by atoms with Gasteiger partial charge in [-0.25, -0.2) is 0 Å². The average molecular weight is 318 g/mol. The van der Waals surface area contributed by atoms with Crippen molar-refractivity contribution in [3.05, 3.63) is 36.4 Å². The Bertz CT molecular complexity index is 469. The monoisotopic (exact) mass is 316 g/mol. The van der Waals surface area contributed by atoms with Crippen LogP contribution in [0.25, 0.3) is 10.8 Å². The number of nitrogens with zero attached hydrogens (tertiary/aromatic N) is 2.